The number of nitrogens with one attached hydrogen (secondary N) is 1. The Bertz CT molecular complexity index is 2020. The summed E-state index contributed by atoms with van der Waals surface area (Å²) in [5.41, 5.74) is 4.97. The van der Waals surface area contributed by atoms with E-state index < -0.39 is 48.1 Å². The maximum Gasteiger partial charge on any atom is 0.419 e. The fourth-order valence-corrected chi connectivity index (χ4v) is 6.64. The third-order valence-corrected chi connectivity index (χ3v) is 9.77. The Kier molecular flexibility index (Phi) is 16.0. The molecule has 11 nitrogen and oxygen atoms in total. The summed E-state index contributed by atoms with van der Waals surface area (Å²) in [7, 11) is 2.84. The predicted octanol–water partition coefficient (Wildman–Crippen LogP) is 7.90. The van der Waals surface area contributed by atoms with Gasteiger partial charge in [-0.15, -0.1) is 0 Å². The summed E-state index contributed by atoms with van der Waals surface area (Å²) in [6, 6.07) is 16.8. The van der Waals surface area contributed by atoms with Gasteiger partial charge in [0.15, 0.2) is 0 Å². The van der Waals surface area contributed by atoms with E-state index in [1.54, 1.807) is 18.2 Å². The van der Waals surface area contributed by atoms with Crippen molar-refractivity contribution in [1.82, 2.24) is 5.32 Å². The molecule has 0 saturated heterocycles. The molecule has 0 bridgehead atoms. The van der Waals surface area contributed by atoms with Crippen molar-refractivity contribution in [3.8, 4) is 34.1 Å². The van der Waals surface area contributed by atoms with Crippen molar-refractivity contribution in [1.29, 1.82) is 0 Å². The Morgan fingerprint density at radius 1 is 0.737 bits per heavy atom. The lowest BCUT2D eigenvalue weighted by atomic mass is 9.92. The fraction of sp³-hybridized carbons (Fsp3) is 0.381. The SMILES string of the molecule is COc1cc(OCc2cccc(-c3cccc(COc4cc(OC)c(CNC[C@@H](O)CC(=O)O)cc4Cl)c3C)c2C)c(C(F)(F)F)cc1CCC[C@@H](O)CC(=O)O. The molecule has 57 heavy (non-hydrogen) atoms. The first-order valence-corrected chi connectivity index (χ1v) is 18.5. The first-order valence-electron chi connectivity index (χ1n) is 18.1. The summed E-state index contributed by atoms with van der Waals surface area (Å²) in [5.74, 6) is -1.62. The van der Waals surface area contributed by atoms with E-state index in [0.717, 1.165) is 33.9 Å². The number of aliphatic carboxylic acids is 2. The van der Waals surface area contributed by atoms with Crippen molar-refractivity contribution < 1.29 is 62.1 Å². The second kappa shape index (κ2) is 20.4. The molecule has 0 aromatic heterocycles. The number of hydrogen-bond acceptors (Lipinski definition) is 9. The average Bonchev–Trinajstić information content (AvgIpc) is 3.13. The van der Waals surface area contributed by atoms with Crippen LogP contribution in [-0.4, -0.2) is 65.3 Å². The predicted molar refractivity (Wildman–Crippen MR) is 207 cm³/mol. The van der Waals surface area contributed by atoms with Gasteiger partial charge in [0, 0.05) is 30.8 Å². The Balaban J connectivity index is 1.50. The number of carboxylic acid groups (broad SMARTS) is 2. The Morgan fingerprint density at radius 2 is 1.26 bits per heavy atom. The van der Waals surface area contributed by atoms with Crippen molar-refractivity contribution in [2.45, 2.75) is 84.1 Å². The van der Waals surface area contributed by atoms with Crippen molar-refractivity contribution in [2.24, 2.45) is 0 Å². The zero-order valence-corrected chi connectivity index (χ0v) is 32.8. The molecule has 2 atom stereocenters. The van der Waals surface area contributed by atoms with E-state index in [1.165, 1.54) is 20.3 Å². The van der Waals surface area contributed by atoms with Gasteiger partial charge >= 0.3 is 18.1 Å². The molecule has 4 rings (SSSR count). The highest BCUT2D eigenvalue weighted by molar-refractivity contribution is 6.32. The Morgan fingerprint density at radius 3 is 1.81 bits per heavy atom. The van der Waals surface area contributed by atoms with Gasteiger partial charge in [-0.1, -0.05) is 48.0 Å². The largest absolute Gasteiger partial charge is 0.496 e. The van der Waals surface area contributed by atoms with Crippen LogP contribution in [0.15, 0.2) is 60.7 Å². The topological polar surface area (TPSA) is 164 Å². The van der Waals surface area contributed by atoms with Crippen molar-refractivity contribution in [3.63, 3.8) is 0 Å². The lowest BCUT2D eigenvalue weighted by Crippen LogP contribution is -2.28. The zero-order chi connectivity index (χ0) is 41.9. The molecule has 0 fully saturated rings. The molecule has 0 unspecified atom stereocenters. The van der Waals surface area contributed by atoms with E-state index in [1.807, 2.05) is 44.2 Å². The number of aryl methyl sites for hydroxylation is 1. The van der Waals surface area contributed by atoms with Gasteiger partial charge < -0.3 is 44.7 Å². The molecule has 0 spiro atoms. The summed E-state index contributed by atoms with van der Waals surface area (Å²) in [5, 5.41) is 40.7. The van der Waals surface area contributed by atoms with Crippen LogP contribution < -0.4 is 24.3 Å². The summed E-state index contributed by atoms with van der Waals surface area (Å²) < 4.78 is 65.8. The lowest BCUT2D eigenvalue weighted by molar-refractivity contribution is -0.140. The molecule has 5 N–H and O–H groups in total. The number of rotatable bonds is 21. The van der Waals surface area contributed by atoms with Crippen LogP contribution in [0.2, 0.25) is 5.02 Å². The molecular weight excluding hydrogens is 771 g/mol. The van der Waals surface area contributed by atoms with Gasteiger partial charge in [0.2, 0.25) is 0 Å². The molecule has 0 saturated carbocycles. The standard InChI is InChI=1S/C42H47ClF3NO10/c1-24-27(22-56-38-18-36(54-3)26(14-34(38)42(44,45)46)8-5-11-30(48)16-40(50)51)9-6-12-32(24)33-13-7-10-28(25(33)2)23-57-39-19-37(55-4)29(15-35(39)43)20-47-21-31(49)17-41(52)53/h6-7,9-10,12-15,18-19,30-31,47-49H,5,8,11,16-17,20-23H2,1-4H3,(H,50,51)(H,52,53)/t30-,31+/m1/s1. The molecule has 15 heteroatoms. The van der Waals surface area contributed by atoms with Crippen LogP contribution >= 0.6 is 11.6 Å². The number of hydrogen-bond donors (Lipinski definition) is 5. The minimum absolute atomic E-state index is 0.0623. The van der Waals surface area contributed by atoms with Gasteiger partial charge in [-0.2, -0.15) is 13.2 Å². The van der Waals surface area contributed by atoms with Gasteiger partial charge in [-0.3, -0.25) is 9.59 Å². The number of ether oxygens (including phenoxy) is 4. The molecule has 0 aliphatic carbocycles. The fourth-order valence-electron chi connectivity index (χ4n) is 6.40. The van der Waals surface area contributed by atoms with Gasteiger partial charge in [0.05, 0.1) is 49.9 Å². The highest BCUT2D eigenvalue weighted by Gasteiger charge is 2.36. The number of alkyl halides is 3. The molecular formula is C42H47ClF3NO10. The van der Waals surface area contributed by atoms with E-state index in [0.29, 0.717) is 27.6 Å². The first kappa shape index (κ1) is 44.7. The molecule has 0 heterocycles. The molecule has 4 aromatic rings. The smallest absolute Gasteiger partial charge is 0.419 e. The minimum Gasteiger partial charge on any atom is -0.496 e. The first-order chi connectivity index (χ1) is 27.0. The summed E-state index contributed by atoms with van der Waals surface area (Å²) in [4.78, 5) is 21.7. The maximum atomic E-state index is 14.3. The third kappa shape index (κ3) is 12.5. The zero-order valence-electron chi connectivity index (χ0n) is 32.0. The Hall–Kier alpha value is -5.02. The van der Waals surface area contributed by atoms with E-state index in [-0.39, 0.29) is 63.3 Å². The van der Waals surface area contributed by atoms with Crippen LogP contribution in [0.25, 0.3) is 11.1 Å². The van der Waals surface area contributed by atoms with Crippen LogP contribution in [0.4, 0.5) is 13.2 Å². The van der Waals surface area contributed by atoms with Crippen LogP contribution in [0.1, 0.15) is 64.6 Å². The van der Waals surface area contributed by atoms with E-state index in [9.17, 15) is 33.0 Å². The molecule has 0 aliphatic rings. The number of carboxylic acids is 2. The lowest BCUT2D eigenvalue weighted by Gasteiger charge is -2.20. The second-order valence-corrected chi connectivity index (χ2v) is 13.9. The van der Waals surface area contributed by atoms with Crippen LogP contribution in [-0.2, 0) is 41.9 Å². The van der Waals surface area contributed by atoms with E-state index in [2.05, 4.69) is 5.32 Å². The van der Waals surface area contributed by atoms with E-state index in [4.69, 9.17) is 40.8 Å². The minimum atomic E-state index is -4.74. The number of aliphatic hydroxyl groups excluding tert-OH is 2. The average molecular weight is 818 g/mol. The second-order valence-electron chi connectivity index (χ2n) is 13.5. The Labute approximate surface area is 333 Å². The van der Waals surface area contributed by atoms with Gasteiger partial charge in [-0.05, 0) is 84.2 Å². The van der Waals surface area contributed by atoms with Crippen molar-refractivity contribution >= 4 is 23.5 Å². The van der Waals surface area contributed by atoms with Crippen molar-refractivity contribution in [3.05, 3.63) is 105 Å². The number of aliphatic hydroxyl groups is 2. The van der Waals surface area contributed by atoms with Crippen LogP contribution in [0, 0.1) is 13.8 Å². The molecule has 4 aromatic carbocycles. The number of carbonyl (C=O) groups is 2. The quantitative estimate of drug-likeness (QED) is 0.0556. The molecule has 0 radical (unpaired) electrons. The highest BCUT2D eigenvalue weighted by Crippen LogP contribution is 2.41. The third-order valence-electron chi connectivity index (χ3n) is 9.47. The normalized spacial score (nSPS) is 12.5. The molecule has 0 aliphatic heterocycles. The van der Waals surface area contributed by atoms with Gasteiger partial charge in [0.1, 0.15) is 36.2 Å². The monoisotopic (exact) mass is 817 g/mol. The molecule has 0 amide bonds. The highest BCUT2D eigenvalue weighted by atomic mass is 35.5. The van der Waals surface area contributed by atoms with Crippen LogP contribution in [0.3, 0.4) is 0 Å². The number of benzene rings is 4. The summed E-state index contributed by atoms with van der Waals surface area (Å²) in [6.07, 6.45) is -7.25. The maximum absolute atomic E-state index is 14.3. The van der Waals surface area contributed by atoms with E-state index >= 15 is 0 Å². The summed E-state index contributed by atoms with van der Waals surface area (Å²) >= 11 is 6.58. The number of methoxy groups -OCH3 is 2. The van der Waals surface area contributed by atoms with Gasteiger partial charge in [0.25, 0.3) is 0 Å². The summed E-state index contributed by atoms with van der Waals surface area (Å²) in [6.45, 7) is 4.14. The number of halogens is 4. The van der Waals surface area contributed by atoms with Gasteiger partial charge in [-0.25, -0.2) is 0 Å². The van der Waals surface area contributed by atoms with Crippen LogP contribution in [0.5, 0.6) is 23.0 Å². The molecule has 308 valence electrons. The van der Waals surface area contributed by atoms with Crippen molar-refractivity contribution in [2.75, 3.05) is 20.8 Å².